The fourth-order valence-electron chi connectivity index (χ4n) is 3.38. The Balaban J connectivity index is 2.11. The van der Waals surface area contributed by atoms with Crippen molar-refractivity contribution < 1.29 is 0 Å². The van der Waals surface area contributed by atoms with Gasteiger partial charge in [0.15, 0.2) is 0 Å². The van der Waals surface area contributed by atoms with Crippen LogP contribution in [0.25, 0.3) is 0 Å². The number of hydrogen-bond acceptors (Lipinski definition) is 3. The van der Waals surface area contributed by atoms with Crippen LogP contribution in [-0.2, 0) is 0 Å². The molecule has 2 rings (SSSR count). The van der Waals surface area contributed by atoms with E-state index in [1.165, 1.54) is 24.0 Å². The van der Waals surface area contributed by atoms with Gasteiger partial charge in [0.1, 0.15) is 0 Å². The molecule has 0 aliphatic carbocycles. The molecule has 3 heteroatoms. The zero-order valence-electron chi connectivity index (χ0n) is 13.3. The van der Waals surface area contributed by atoms with Gasteiger partial charge in [-0.3, -0.25) is 4.90 Å². The molecule has 1 heterocycles. The van der Waals surface area contributed by atoms with E-state index in [1.54, 1.807) is 0 Å². The van der Waals surface area contributed by atoms with Crippen molar-refractivity contribution in [2.75, 3.05) is 27.2 Å². The number of benzene rings is 1. The number of piperidine rings is 1. The summed E-state index contributed by atoms with van der Waals surface area (Å²) in [6, 6.07) is 10.0. The molecule has 0 bridgehead atoms. The smallest absolute Gasteiger partial charge is 0.0496 e. The highest BCUT2D eigenvalue weighted by molar-refractivity contribution is 5.26. The molecule has 112 valence electrons. The third kappa shape index (κ3) is 3.60. The van der Waals surface area contributed by atoms with Gasteiger partial charge in [0.2, 0.25) is 0 Å². The molecule has 0 amide bonds. The molecule has 1 fully saturated rings. The van der Waals surface area contributed by atoms with Crippen LogP contribution >= 0.6 is 0 Å². The average molecular weight is 275 g/mol. The van der Waals surface area contributed by atoms with Gasteiger partial charge in [0, 0.05) is 31.2 Å². The molecule has 1 aliphatic heterocycles. The van der Waals surface area contributed by atoms with Crippen molar-refractivity contribution in [1.29, 1.82) is 0 Å². The van der Waals surface area contributed by atoms with E-state index in [9.17, 15) is 0 Å². The lowest BCUT2D eigenvalue weighted by atomic mass is 9.94. The minimum absolute atomic E-state index is 0.160. The number of rotatable bonds is 4. The normalized spacial score (nSPS) is 21.1. The third-order valence-corrected chi connectivity index (χ3v) is 4.50. The van der Waals surface area contributed by atoms with E-state index in [-0.39, 0.29) is 6.04 Å². The summed E-state index contributed by atoms with van der Waals surface area (Å²) in [5.41, 5.74) is 8.97. The van der Waals surface area contributed by atoms with Gasteiger partial charge in [-0.05, 0) is 46.3 Å². The number of nitrogens with zero attached hydrogens (tertiary/aromatic N) is 2. The van der Waals surface area contributed by atoms with Gasteiger partial charge >= 0.3 is 0 Å². The van der Waals surface area contributed by atoms with Gasteiger partial charge in [-0.15, -0.1) is 0 Å². The van der Waals surface area contributed by atoms with Gasteiger partial charge in [-0.1, -0.05) is 29.8 Å². The van der Waals surface area contributed by atoms with E-state index in [0.717, 1.165) is 19.1 Å². The van der Waals surface area contributed by atoms with Crippen LogP contribution in [0.3, 0.4) is 0 Å². The Morgan fingerprint density at radius 3 is 2.40 bits per heavy atom. The standard InChI is InChI=1S/C17H29N3/c1-13-6-5-7-15(12-13)17(14(2)18)20-10-8-16(9-11-20)19(3)4/h5-7,12,14,16-17H,8-11,18H2,1-4H3. The van der Waals surface area contributed by atoms with E-state index >= 15 is 0 Å². The predicted molar refractivity (Wildman–Crippen MR) is 85.9 cm³/mol. The van der Waals surface area contributed by atoms with Crippen molar-refractivity contribution in [3.63, 3.8) is 0 Å². The summed E-state index contributed by atoms with van der Waals surface area (Å²) in [4.78, 5) is 4.92. The molecular formula is C17H29N3. The molecule has 0 spiro atoms. The number of aryl methyl sites for hydroxylation is 1. The fourth-order valence-corrected chi connectivity index (χ4v) is 3.38. The van der Waals surface area contributed by atoms with Crippen LogP contribution in [0.2, 0.25) is 0 Å². The van der Waals surface area contributed by atoms with Crippen LogP contribution < -0.4 is 5.73 Å². The van der Waals surface area contributed by atoms with Crippen molar-refractivity contribution in [3.8, 4) is 0 Å². The van der Waals surface area contributed by atoms with E-state index in [0.29, 0.717) is 6.04 Å². The van der Waals surface area contributed by atoms with Gasteiger partial charge in [-0.2, -0.15) is 0 Å². The van der Waals surface area contributed by atoms with E-state index in [2.05, 4.69) is 62.0 Å². The SMILES string of the molecule is Cc1cccc(C(C(C)N)N2CCC(N(C)C)CC2)c1. The summed E-state index contributed by atoms with van der Waals surface area (Å²) in [5, 5.41) is 0. The van der Waals surface area contributed by atoms with Crippen molar-refractivity contribution in [2.45, 2.75) is 44.8 Å². The van der Waals surface area contributed by atoms with E-state index in [1.807, 2.05) is 0 Å². The van der Waals surface area contributed by atoms with Crippen LogP contribution in [-0.4, -0.2) is 49.1 Å². The Hall–Kier alpha value is -0.900. The Bertz CT molecular complexity index is 420. The van der Waals surface area contributed by atoms with Gasteiger partial charge in [0.25, 0.3) is 0 Å². The topological polar surface area (TPSA) is 32.5 Å². The van der Waals surface area contributed by atoms with Gasteiger partial charge in [0.05, 0.1) is 0 Å². The third-order valence-electron chi connectivity index (χ3n) is 4.50. The molecule has 1 aromatic carbocycles. The molecule has 2 unspecified atom stereocenters. The van der Waals surface area contributed by atoms with Crippen molar-refractivity contribution in [1.82, 2.24) is 9.80 Å². The molecule has 1 aromatic rings. The first-order valence-electron chi connectivity index (χ1n) is 7.71. The minimum Gasteiger partial charge on any atom is -0.326 e. The number of hydrogen-bond donors (Lipinski definition) is 1. The van der Waals surface area contributed by atoms with Crippen molar-refractivity contribution >= 4 is 0 Å². The summed E-state index contributed by atoms with van der Waals surface area (Å²) < 4.78 is 0. The lowest BCUT2D eigenvalue weighted by molar-refractivity contribution is 0.0982. The average Bonchev–Trinajstić information content (AvgIpc) is 2.39. The molecular weight excluding hydrogens is 246 g/mol. The maximum absolute atomic E-state index is 6.29. The highest BCUT2D eigenvalue weighted by Crippen LogP contribution is 2.28. The highest BCUT2D eigenvalue weighted by Gasteiger charge is 2.29. The summed E-state index contributed by atoms with van der Waals surface area (Å²) in [6.45, 7) is 6.57. The maximum atomic E-state index is 6.29. The maximum Gasteiger partial charge on any atom is 0.0496 e. The van der Waals surface area contributed by atoms with Crippen LogP contribution in [0.5, 0.6) is 0 Å². The van der Waals surface area contributed by atoms with Crippen LogP contribution in [0.15, 0.2) is 24.3 Å². The summed E-state index contributed by atoms with van der Waals surface area (Å²) in [6.07, 6.45) is 2.48. The number of likely N-dealkylation sites (tertiary alicyclic amines) is 1. The quantitative estimate of drug-likeness (QED) is 0.916. The Labute approximate surface area is 123 Å². The van der Waals surface area contributed by atoms with Crippen LogP contribution in [0.4, 0.5) is 0 Å². The molecule has 0 saturated carbocycles. The number of nitrogens with two attached hydrogens (primary N) is 1. The molecule has 1 aliphatic rings. The van der Waals surface area contributed by atoms with E-state index in [4.69, 9.17) is 5.73 Å². The lowest BCUT2D eigenvalue weighted by Crippen LogP contribution is -2.47. The minimum atomic E-state index is 0.160. The Kier molecular flexibility index (Phi) is 5.19. The highest BCUT2D eigenvalue weighted by atomic mass is 15.2. The van der Waals surface area contributed by atoms with E-state index < -0.39 is 0 Å². The first-order chi connectivity index (χ1) is 9.49. The monoisotopic (exact) mass is 275 g/mol. The Morgan fingerprint density at radius 2 is 1.90 bits per heavy atom. The largest absolute Gasteiger partial charge is 0.326 e. The summed E-state index contributed by atoms with van der Waals surface area (Å²) >= 11 is 0. The first-order valence-corrected chi connectivity index (χ1v) is 7.71. The van der Waals surface area contributed by atoms with Crippen molar-refractivity contribution in [3.05, 3.63) is 35.4 Å². The summed E-state index contributed by atoms with van der Waals surface area (Å²) in [5.74, 6) is 0. The molecule has 2 N–H and O–H groups in total. The molecule has 20 heavy (non-hydrogen) atoms. The summed E-state index contributed by atoms with van der Waals surface area (Å²) in [7, 11) is 4.37. The molecule has 1 saturated heterocycles. The second-order valence-electron chi connectivity index (χ2n) is 6.45. The second-order valence-corrected chi connectivity index (χ2v) is 6.45. The van der Waals surface area contributed by atoms with Crippen molar-refractivity contribution in [2.24, 2.45) is 5.73 Å². The fraction of sp³-hybridized carbons (Fsp3) is 0.647. The van der Waals surface area contributed by atoms with Crippen LogP contribution in [0, 0.1) is 6.92 Å². The first kappa shape index (κ1) is 15.5. The Morgan fingerprint density at radius 1 is 1.25 bits per heavy atom. The molecule has 2 atom stereocenters. The zero-order chi connectivity index (χ0) is 14.7. The predicted octanol–water partition coefficient (Wildman–Crippen LogP) is 2.41. The van der Waals surface area contributed by atoms with Gasteiger partial charge in [-0.25, -0.2) is 0 Å². The zero-order valence-corrected chi connectivity index (χ0v) is 13.3. The molecule has 3 nitrogen and oxygen atoms in total. The lowest BCUT2D eigenvalue weighted by Gasteiger charge is -2.41. The van der Waals surface area contributed by atoms with Crippen LogP contribution in [0.1, 0.15) is 36.9 Å². The second kappa shape index (κ2) is 6.70. The van der Waals surface area contributed by atoms with Gasteiger partial charge < -0.3 is 10.6 Å². The molecule has 0 radical (unpaired) electrons. The molecule has 0 aromatic heterocycles.